The lowest BCUT2D eigenvalue weighted by Crippen LogP contribution is -2.20. The minimum Gasteiger partial charge on any atom is -0.171 e. The van der Waals surface area contributed by atoms with E-state index in [2.05, 4.69) is 20.0 Å². The predicted molar refractivity (Wildman–Crippen MR) is 91.7 cm³/mol. The van der Waals surface area contributed by atoms with Gasteiger partial charge in [0.2, 0.25) is 0 Å². The number of hydrogen-bond donors (Lipinski definition) is 0. The van der Waals surface area contributed by atoms with Gasteiger partial charge in [0.05, 0.1) is 0 Å². The average molecular weight is 326 g/mol. The summed E-state index contributed by atoms with van der Waals surface area (Å²) in [6, 6.07) is 7.79. The van der Waals surface area contributed by atoms with Gasteiger partial charge in [0, 0.05) is 30.7 Å². The molecule has 0 radical (unpaired) electrons. The number of aliphatic imine (C=N–C) groups is 1. The highest BCUT2D eigenvalue weighted by molar-refractivity contribution is 5.98. The number of para-hydroxylation sites is 1. The first-order valence-corrected chi connectivity index (χ1v) is 8.54. The molecule has 7 heteroatoms. The Hall–Kier alpha value is -2.66. The molecule has 0 spiro atoms. The number of aromatic nitrogens is 3. The van der Waals surface area contributed by atoms with Crippen molar-refractivity contribution in [3.8, 4) is 0 Å². The molecule has 4 rings (SSSR count). The maximum atomic E-state index is 5.42. The number of fused-ring (bicyclic) bond motifs is 1. The lowest BCUT2D eigenvalue weighted by molar-refractivity contribution is -0.232. The summed E-state index contributed by atoms with van der Waals surface area (Å²) in [5.41, 5.74) is 3.73. The molecule has 2 aliphatic rings. The van der Waals surface area contributed by atoms with Crippen LogP contribution in [0.15, 0.2) is 29.3 Å². The van der Waals surface area contributed by atoms with Crippen molar-refractivity contribution in [2.75, 3.05) is 0 Å². The second-order valence-corrected chi connectivity index (χ2v) is 6.16. The zero-order valence-corrected chi connectivity index (χ0v) is 13.5. The Balaban J connectivity index is 1.57. The van der Waals surface area contributed by atoms with Gasteiger partial charge < -0.3 is 0 Å². The lowest BCUT2D eigenvalue weighted by Gasteiger charge is -1.97. The van der Waals surface area contributed by atoms with E-state index >= 15 is 0 Å². The molecule has 124 valence electrons. The fraction of sp³-hybridized carbons (Fsp3) is 0.471. The third-order valence-corrected chi connectivity index (χ3v) is 4.37. The highest BCUT2D eigenvalue weighted by atomic mass is 17.3. The van der Waals surface area contributed by atoms with Crippen LogP contribution in [0.1, 0.15) is 51.4 Å². The van der Waals surface area contributed by atoms with Gasteiger partial charge in [-0.1, -0.05) is 12.1 Å². The van der Waals surface area contributed by atoms with E-state index in [9.17, 15) is 0 Å². The van der Waals surface area contributed by atoms with Crippen molar-refractivity contribution >= 4 is 28.5 Å². The Morgan fingerprint density at radius 1 is 1.04 bits per heavy atom. The Bertz CT molecular complexity index is 816. The van der Waals surface area contributed by atoms with Crippen molar-refractivity contribution < 1.29 is 9.88 Å². The summed E-state index contributed by atoms with van der Waals surface area (Å²) in [6.45, 7) is 0. The summed E-state index contributed by atoms with van der Waals surface area (Å²) >= 11 is 0. The molecule has 2 fully saturated rings. The van der Waals surface area contributed by atoms with E-state index in [1.165, 1.54) is 30.5 Å². The average Bonchev–Trinajstić information content (AvgIpc) is 3.35. The van der Waals surface area contributed by atoms with Gasteiger partial charge in [-0.2, -0.15) is 14.5 Å². The summed E-state index contributed by atoms with van der Waals surface area (Å²) in [5.74, 6) is 0. The zero-order chi connectivity index (χ0) is 16.2. The van der Waals surface area contributed by atoms with Crippen LogP contribution in [-0.4, -0.2) is 32.6 Å². The number of nitrogens with zero attached hydrogens (tertiary/aromatic N) is 5. The monoisotopic (exact) mass is 326 g/mol. The Morgan fingerprint density at radius 2 is 1.79 bits per heavy atom. The van der Waals surface area contributed by atoms with Gasteiger partial charge in [-0.3, -0.25) is 0 Å². The molecule has 0 amide bonds. The Morgan fingerprint density at radius 3 is 2.62 bits per heavy atom. The van der Waals surface area contributed by atoms with E-state index in [1.54, 1.807) is 0 Å². The van der Waals surface area contributed by atoms with E-state index in [0.29, 0.717) is 0 Å². The fourth-order valence-corrected chi connectivity index (χ4v) is 3.09. The van der Waals surface area contributed by atoms with Crippen LogP contribution in [0.4, 0.5) is 0 Å². The van der Waals surface area contributed by atoms with E-state index < -0.39 is 0 Å². The van der Waals surface area contributed by atoms with Crippen LogP contribution in [0.3, 0.4) is 0 Å². The van der Waals surface area contributed by atoms with E-state index in [4.69, 9.17) is 9.88 Å². The first-order chi connectivity index (χ1) is 11.9. The molecule has 0 aliphatic heterocycles. The van der Waals surface area contributed by atoms with Gasteiger partial charge in [-0.05, 0) is 47.9 Å². The maximum Gasteiger partial charge on any atom is 0.639 e. The molecule has 0 saturated heterocycles. The molecule has 0 N–H and O–H groups in total. The van der Waals surface area contributed by atoms with Crippen LogP contribution in [0.5, 0.6) is 0 Å². The van der Waals surface area contributed by atoms with Crippen LogP contribution in [0.2, 0.25) is 0 Å². The molecule has 2 aliphatic carbocycles. The third kappa shape index (κ3) is 3.31. The van der Waals surface area contributed by atoms with Gasteiger partial charge >= 0.3 is 6.02 Å². The normalized spacial score (nSPS) is 17.2. The molecule has 1 heterocycles. The second kappa shape index (κ2) is 6.84. The third-order valence-electron chi connectivity index (χ3n) is 4.37. The van der Waals surface area contributed by atoms with Crippen LogP contribution in [0.25, 0.3) is 11.0 Å². The number of hydrogen-bond acceptors (Lipinski definition) is 4. The predicted octanol–water partition coefficient (Wildman–Crippen LogP) is 2.24. The largest absolute Gasteiger partial charge is 0.639 e. The van der Waals surface area contributed by atoms with Crippen molar-refractivity contribution in [2.24, 2.45) is 4.99 Å². The first-order valence-electron chi connectivity index (χ1n) is 8.54. The smallest absolute Gasteiger partial charge is 0.171 e. The number of amidine groups is 1. The topological polar surface area (TPSA) is 75.6 Å². The molecule has 24 heavy (non-hydrogen) atoms. The van der Waals surface area contributed by atoms with Crippen molar-refractivity contribution in [3.05, 3.63) is 24.3 Å². The first kappa shape index (κ1) is 14.9. The molecule has 0 unspecified atom stereocenters. The summed E-state index contributed by atoms with van der Waals surface area (Å²) < 4.78 is 4.56. The number of rotatable bonds is 2. The molecule has 2 saturated carbocycles. The lowest BCUT2D eigenvalue weighted by atomic mass is 10.3. The van der Waals surface area contributed by atoms with Gasteiger partial charge in [-0.25, -0.2) is 0 Å². The molecule has 1 aromatic heterocycles. The van der Waals surface area contributed by atoms with Crippen molar-refractivity contribution in [1.29, 1.82) is 0 Å². The zero-order valence-electron chi connectivity index (χ0n) is 13.5. The SMILES string of the molecule is c1ccc2c(c1)nnn2OOC(N=C1CCCC1)=[N+]=C1CCCC1. The molecular weight excluding hydrogens is 306 g/mol. The molecule has 1 aromatic carbocycles. The van der Waals surface area contributed by atoms with Gasteiger partial charge in [0.25, 0.3) is 0 Å². The van der Waals surface area contributed by atoms with E-state index in [0.717, 1.165) is 48.1 Å². The molecule has 2 aromatic rings. The standard InChI is InChI=1S/C17H20N5O2/c1-2-8-13(7-1)18-17(19-14-9-3-4-10-14)23-24-22-16-12-6-5-11-15(16)20-21-22/h5-6,11-12H,1-4,7-10H2/q+1. The van der Waals surface area contributed by atoms with Crippen molar-refractivity contribution in [2.45, 2.75) is 51.4 Å². The number of benzene rings is 1. The second-order valence-electron chi connectivity index (χ2n) is 6.16. The maximum absolute atomic E-state index is 5.42. The highest BCUT2D eigenvalue weighted by Crippen LogP contribution is 2.15. The summed E-state index contributed by atoms with van der Waals surface area (Å²) in [4.78, 5) is 16.6. The van der Waals surface area contributed by atoms with Crippen molar-refractivity contribution in [3.63, 3.8) is 0 Å². The summed E-state index contributed by atoms with van der Waals surface area (Å²) in [7, 11) is 0. The van der Waals surface area contributed by atoms with Crippen LogP contribution >= 0.6 is 0 Å². The molecular formula is C17H20N5O2+. The highest BCUT2D eigenvalue weighted by Gasteiger charge is 2.23. The fourth-order valence-electron chi connectivity index (χ4n) is 3.09. The van der Waals surface area contributed by atoms with E-state index in [-0.39, 0.29) is 6.02 Å². The van der Waals surface area contributed by atoms with E-state index in [1.807, 2.05) is 24.3 Å². The van der Waals surface area contributed by atoms with Gasteiger partial charge in [0.15, 0.2) is 5.71 Å². The van der Waals surface area contributed by atoms with Gasteiger partial charge in [0.1, 0.15) is 16.7 Å². The summed E-state index contributed by atoms with van der Waals surface area (Å²) in [5, 5.41) is 7.97. The van der Waals surface area contributed by atoms with Crippen LogP contribution < -0.4 is 9.66 Å². The molecule has 7 nitrogen and oxygen atoms in total. The molecule has 0 bridgehead atoms. The molecule has 0 atom stereocenters. The Kier molecular flexibility index (Phi) is 4.25. The van der Waals surface area contributed by atoms with Crippen molar-refractivity contribution in [1.82, 2.24) is 19.8 Å². The van der Waals surface area contributed by atoms with Gasteiger partial charge in [-0.15, -0.1) is 5.10 Å². The van der Waals surface area contributed by atoms with Crippen LogP contribution in [-0.2, 0) is 4.89 Å². The quantitative estimate of drug-likeness (QED) is 0.279. The summed E-state index contributed by atoms with van der Waals surface area (Å²) in [6.07, 6.45) is 8.73. The van der Waals surface area contributed by atoms with Crippen LogP contribution in [0, 0.1) is 0 Å². The minimum atomic E-state index is 0.267. The Labute approximate surface area is 139 Å². The minimum absolute atomic E-state index is 0.267.